The van der Waals surface area contributed by atoms with E-state index in [2.05, 4.69) is 35.5 Å². The van der Waals surface area contributed by atoms with Crippen LogP contribution in [-0.4, -0.2) is 23.4 Å². The van der Waals surface area contributed by atoms with Gasteiger partial charge < -0.3 is 15.4 Å². The first-order valence-electron chi connectivity index (χ1n) is 8.33. The minimum Gasteiger partial charge on any atom is -0.481 e. The summed E-state index contributed by atoms with van der Waals surface area (Å²) in [5, 5.41) is 6.32. The summed E-state index contributed by atoms with van der Waals surface area (Å²) in [5.41, 5.74) is 2.80. The van der Waals surface area contributed by atoms with E-state index in [9.17, 15) is 4.79 Å². The first-order chi connectivity index (χ1) is 12.0. The van der Waals surface area contributed by atoms with Crippen LogP contribution in [0.4, 0.5) is 10.5 Å². The quantitative estimate of drug-likeness (QED) is 0.709. The number of methoxy groups -OCH3 is 1. The van der Waals surface area contributed by atoms with E-state index < -0.39 is 0 Å². The molecule has 0 radical (unpaired) electrons. The standard InChI is InChI=1S/C19H25N3O2S/c1-5-14(3)25-16-6-7-17(13(2)10-16)22-19(23)21-12-15-8-9-20-18(11-15)24-4/h6-11,14H,5,12H2,1-4H3,(H2,21,22,23). The Bertz CT molecular complexity index is 722. The third-order valence-electron chi connectivity index (χ3n) is 3.82. The summed E-state index contributed by atoms with van der Waals surface area (Å²) in [6.45, 7) is 6.81. The van der Waals surface area contributed by atoms with Gasteiger partial charge in [-0.15, -0.1) is 11.8 Å². The zero-order valence-electron chi connectivity index (χ0n) is 15.1. The summed E-state index contributed by atoms with van der Waals surface area (Å²) in [6, 6.07) is 9.52. The number of thioether (sulfide) groups is 1. The molecular weight excluding hydrogens is 334 g/mol. The van der Waals surface area contributed by atoms with Gasteiger partial charge in [-0.3, -0.25) is 0 Å². The molecule has 2 rings (SSSR count). The molecule has 25 heavy (non-hydrogen) atoms. The number of aromatic nitrogens is 1. The van der Waals surface area contributed by atoms with Crippen molar-refractivity contribution in [2.24, 2.45) is 0 Å². The molecule has 1 aromatic carbocycles. The summed E-state index contributed by atoms with van der Waals surface area (Å²) < 4.78 is 5.08. The number of urea groups is 1. The number of benzene rings is 1. The largest absolute Gasteiger partial charge is 0.481 e. The molecule has 0 spiro atoms. The number of aryl methyl sites for hydroxylation is 1. The number of hydrogen-bond acceptors (Lipinski definition) is 4. The number of nitrogens with one attached hydrogen (secondary N) is 2. The predicted octanol–water partition coefficient (Wildman–Crippen LogP) is 4.61. The molecule has 6 heteroatoms. The Morgan fingerprint density at radius 3 is 2.80 bits per heavy atom. The second kappa shape index (κ2) is 9.32. The molecule has 0 aliphatic heterocycles. The predicted molar refractivity (Wildman–Crippen MR) is 103 cm³/mol. The van der Waals surface area contributed by atoms with Crippen LogP contribution < -0.4 is 15.4 Å². The number of anilines is 1. The molecule has 1 aromatic heterocycles. The maximum Gasteiger partial charge on any atom is 0.319 e. The lowest BCUT2D eigenvalue weighted by Crippen LogP contribution is -2.28. The molecular formula is C19H25N3O2S. The highest BCUT2D eigenvalue weighted by Gasteiger charge is 2.07. The van der Waals surface area contributed by atoms with Crippen molar-refractivity contribution >= 4 is 23.5 Å². The number of hydrogen-bond donors (Lipinski definition) is 2. The fourth-order valence-corrected chi connectivity index (χ4v) is 3.21. The molecule has 2 N–H and O–H groups in total. The average Bonchev–Trinajstić information content (AvgIpc) is 2.62. The van der Waals surface area contributed by atoms with Crippen LogP contribution in [-0.2, 0) is 6.54 Å². The highest BCUT2D eigenvalue weighted by atomic mass is 32.2. The number of carbonyl (C=O) groups excluding carboxylic acids is 1. The minimum absolute atomic E-state index is 0.235. The van der Waals surface area contributed by atoms with E-state index in [0.717, 1.165) is 23.2 Å². The SMILES string of the molecule is CCC(C)Sc1ccc(NC(=O)NCc2ccnc(OC)c2)c(C)c1. The molecule has 0 aliphatic carbocycles. The van der Waals surface area contributed by atoms with Gasteiger partial charge in [0.1, 0.15) is 0 Å². The van der Waals surface area contributed by atoms with Gasteiger partial charge in [-0.2, -0.15) is 0 Å². The van der Waals surface area contributed by atoms with Gasteiger partial charge in [0, 0.05) is 34.6 Å². The molecule has 134 valence electrons. The van der Waals surface area contributed by atoms with Crippen molar-refractivity contribution in [2.75, 3.05) is 12.4 Å². The number of ether oxygens (including phenoxy) is 1. The van der Waals surface area contributed by atoms with E-state index >= 15 is 0 Å². The fraction of sp³-hybridized carbons (Fsp3) is 0.368. The van der Waals surface area contributed by atoms with Crippen LogP contribution in [0.1, 0.15) is 31.4 Å². The van der Waals surface area contributed by atoms with Gasteiger partial charge in [0.05, 0.1) is 7.11 Å². The maximum atomic E-state index is 12.1. The Labute approximate surface area is 153 Å². The second-order valence-corrected chi connectivity index (χ2v) is 7.34. The van der Waals surface area contributed by atoms with E-state index in [1.54, 1.807) is 19.4 Å². The Balaban J connectivity index is 1.91. The van der Waals surface area contributed by atoms with Gasteiger partial charge in [0.2, 0.25) is 5.88 Å². The lowest BCUT2D eigenvalue weighted by Gasteiger charge is -2.13. The van der Waals surface area contributed by atoms with E-state index in [-0.39, 0.29) is 6.03 Å². The van der Waals surface area contributed by atoms with Crippen LogP contribution in [0, 0.1) is 6.92 Å². The van der Waals surface area contributed by atoms with Crippen molar-refractivity contribution in [3.8, 4) is 5.88 Å². The highest BCUT2D eigenvalue weighted by Crippen LogP contribution is 2.28. The summed E-state index contributed by atoms with van der Waals surface area (Å²) in [4.78, 5) is 17.4. The Hall–Kier alpha value is -2.21. The zero-order chi connectivity index (χ0) is 18.2. The average molecular weight is 359 g/mol. The maximum absolute atomic E-state index is 12.1. The number of carbonyl (C=O) groups is 1. The lowest BCUT2D eigenvalue weighted by atomic mass is 10.2. The fourth-order valence-electron chi connectivity index (χ4n) is 2.19. The molecule has 2 amide bonds. The van der Waals surface area contributed by atoms with Crippen molar-refractivity contribution in [1.29, 1.82) is 0 Å². The monoisotopic (exact) mass is 359 g/mol. The minimum atomic E-state index is -0.235. The van der Waals surface area contributed by atoms with Gasteiger partial charge in [-0.1, -0.05) is 13.8 Å². The summed E-state index contributed by atoms with van der Waals surface area (Å²) in [7, 11) is 1.57. The van der Waals surface area contributed by atoms with Gasteiger partial charge in [0.15, 0.2) is 0 Å². The molecule has 0 aliphatic rings. The normalized spacial score (nSPS) is 11.7. The number of amides is 2. The Kier molecular flexibility index (Phi) is 7.13. The lowest BCUT2D eigenvalue weighted by molar-refractivity contribution is 0.251. The van der Waals surface area contributed by atoms with Crippen LogP contribution >= 0.6 is 11.8 Å². The van der Waals surface area contributed by atoms with Crippen LogP contribution in [0.2, 0.25) is 0 Å². The van der Waals surface area contributed by atoms with Crippen molar-refractivity contribution in [1.82, 2.24) is 10.3 Å². The molecule has 0 bridgehead atoms. The zero-order valence-corrected chi connectivity index (χ0v) is 15.9. The van der Waals surface area contributed by atoms with E-state index in [1.807, 2.05) is 36.9 Å². The smallest absolute Gasteiger partial charge is 0.319 e. The van der Waals surface area contributed by atoms with Crippen molar-refractivity contribution in [3.05, 3.63) is 47.7 Å². The van der Waals surface area contributed by atoms with E-state index in [0.29, 0.717) is 17.7 Å². The first kappa shape index (κ1) is 19.1. The van der Waals surface area contributed by atoms with Gasteiger partial charge in [-0.25, -0.2) is 9.78 Å². The summed E-state index contributed by atoms with van der Waals surface area (Å²) in [6.07, 6.45) is 2.79. The van der Waals surface area contributed by atoms with Crippen molar-refractivity contribution in [3.63, 3.8) is 0 Å². The topological polar surface area (TPSA) is 63.2 Å². The second-order valence-electron chi connectivity index (χ2n) is 5.83. The molecule has 5 nitrogen and oxygen atoms in total. The molecule has 2 aromatic rings. The van der Waals surface area contributed by atoms with Crippen LogP contribution in [0.25, 0.3) is 0 Å². The molecule has 1 atom stereocenters. The summed E-state index contributed by atoms with van der Waals surface area (Å²) >= 11 is 1.85. The van der Waals surface area contributed by atoms with Gasteiger partial charge >= 0.3 is 6.03 Å². The third kappa shape index (κ3) is 5.98. The molecule has 1 heterocycles. The Morgan fingerprint density at radius 2 is 2.12 bits per heavy atom. The Morgan fingerprint density at radius 1 is 1.32 bits per heavy atom. The molecule has 0 fully saturated rings. The van der Waals surface area contributed by atoms with Crippen molar-refractivity contribution in [2.45, 2.75) is 43.9 Å². The van der Waals surface area contributed by atoms with Gasteiger partial charge in [0.25, 0.3) is 0 Å². The molecule has 0 saturated carbocycles. The summed E-state index contributed by atoms with van der Waals surface area (Å²) in [5.74, 6) is 0.532. The number of nitrogens with zero attached hydrogens (tertiary/aromatic N) is 1. The molecule has 0 saturated heterocycles. The molecule has 1 unspecified atom stereocenters. The van der Waals surface area contributed by atoms with Crippen LogP contribution in [0.3, 0.4) is 0 Å². The third-order valence-corrected chi connectivity index (χ3v) is 5.08. The van der Waals surface area contributed by atoms with E-state index in [1.165, 1.54) is 4.90 Å². The van der Waals surface area contributed by atoms with E-state index in [4.69, 9.17) is 4.74 Å². The highest BCUT2D eigenvalue weighted by molar-refractivity contribution is 7.99. The number of rotatable bonds is 7. The van der Waals surface area contributed by atoms with Crippen LogP contribution in [0.15, 0.2) is 41.4 Å². The van der Waals surface area contributed by atoms with Crippen LogP contribution in [0.5, 0.6) is 5.88 Å². The number of pyridine rings is 1. The first-order valence-corrected chi connectivity index (χ1v) is 9.20. The van der Waals surface area contributed by atoms with Crippen molar-refractivity contribution < 1.29 is 9.53 Å². The van der Waals surface area contributed by atoms with Gasteiger partial charge in [-0.05, 0) is 48.7 Å².